The zero-order valence-corrected chi connectivity index (χ0v) is 7.95. The molecule has 5 N–H and O–H groups in total. The number of amides is 1. The van der Waals surface area contributed by atoms with E-state index in [9.17, 15) is 9.59 Å². The van der Waals surface area contributed by atoms with Gasteiger partial charge in [-0.2, -0.15) is 0 Å². The standard InChI is InChI=1S/C8H6O4.CH3NO2/c9-7(10)5-1-2-6(4-3-5)8(11)12;2-1(3)4/h1-4H,(H,9,10)(H,11,12);2H2,(H,3,4). The largest absolute Gasteiger partial charge is 0.478 e. The summed E-state index contributed by atoms with van der Waals surface area (Å²) < 4.78 is 0. The molecule has 86 valence electrons. The molecule has 0 fully saturated rings. The lowest BCUT2D eigenvalue weighted by Gasteiger charge is -1.94. The molecule has 1 rings (SSSR count). The molecule has 0 saturated heterocycles. The van der Waals surface area contributed by atoms with E-state index in [1.165, 1.54) is 24.3 Å². The quantitative estimate of drug-likeness (QED) is 0.586. The van der Waals surface area contributed by atoms with Crippen molar-refractivity contribution < 1.29 is 29.7 Å². The molecule has 0 aliphatic carbocycles. The van der Waals surface area contributed by atoms with E-state index >= 15 is 0 Å². The fourth-order valence-electron chi connectivity index (χ4n) is 0.755. The van der Waals surface area contributed by atoms with Crippen LogP contribution in [0.4, 0.5) is 4.79 Å². The van der Waals surface area contributed by atoms with Gasteiger partial charge in [0.1, 0.15) is 0 Å². The number of carbonyl (C=O) groups is 3. The van der Waals surface area contributed by atoms with Crippen LogP contribution < -0.4 is 5.73 Å². The average Bonchev–Trinajstić information content (AvgIpc) is 2.17. The molecule has 0 bridgehead atoms. The first-order chi connectivity index (χ1) is 7.34. The van der Waals surface area contributed by atoms with Crippen LogP contribution in [-0.4, -0.2) is 33.4 Å². The summed E-state index contributed by atoms with van der Waals surface area (Å²) in [4.78, 5) is 29.4. The lowest BCUT2D eigenvalue weighted by atomic mass is 10.1. The van der Waals surface area contributed by atoms with Gasteiger partial charge >= 0.3 is 18.0 Å². The minimum absolute atomic E-state index is 0.0833. The Morgan fingerprint density at radius 2 is 1.00 bits per heavy atom. The van der Waals surface area contributed by atoms with Crippen molar-refractivity contribution >= 4 is 18.0 Å². The Bertz CT molecular complexity index is 360. The van der Waals surface area contributed by atoms with Crippen LogP contribution in [0.5, 0.6) is 0 Å². The van der Waals surface area contributed by atoms with Crippen LogP contribution in [0.2, 0.25) is 0 Å². The van der Waals surface area contributed by atoms with Crippen molar-refractivity contribution in [2.75, 3.05) is 0 Å². The average molecular weight is 227 g/mol. The first-order valence-corrected chi connectivity index (χ1v) is 3.89. The number of hydrogen-bond acceptors (Lipinski definition) is 3. The normalized spacial score (nSPS) is 8.50. The first-order valence-electron chi connectivity index (χ1n) is 3.89. The predicted molar refractivity (Wildman–Crippen MR) is 52.6 cm³/mol. The number of carboxylic acid groups (broad SMARTS) is 3. The maximum atomic E-state index is 10.3. The van der Waals surface area contributed by atoms with Crippen molar-refractivity contribution in [3.63, 3.8) is 0 Å². The third kappa shape index (κ3) is 5.22. The summed E-state index contributed by atoms with van der Waals surface area (Å²) in [5, 5.41) is 24.1. The Balaban J connectivity index is 0.000000487. The smallest absolute Gasteiger partial charge is 0.402 e. The SMILES string of the molecule is NC(=O)O.O=C(O)c1ccc(C(=O)O)cc1. The summed E-state index contributed by atoms with van der Waals surface area (Å²) in [6.07, 6.45) is -1.33. The third-order valence-electron chi connectivity index (χ3n) is 1.38. The molecule has 0 atom stereocenters. The van der Waals surface area contributed by atoms with Crippen molar-refractivity contribution in [2.24, 2.45) is 5.73 Å². The molecule has 0 saturated carbocycles. The van der Waals surface area contributed by atoms with Crippen LogP contribution in [-0.2, 0) is 0 Å². The summed E-state index contributed by atoms with van der Waals surface area (Å²) in [7, 11) is 0. The van der Waals surface area contributed by atoms with Gasteiger partial charge in [-0.1, -0.05) is 0 Å². The number of rotatable bonds is 2. The number of hydrogen-bond donors (Lipinski definition) is 4. The van der Waals surface area contributed by atoms with Crippen LogP contribution in [0, 0.1) is 0 Å². The molecule has 16 heavy (non-hydrogen) atoms. The van der Waals surface area contributed by atoms with Gasteiger partial charge in [0.2, 0.25) is 0 Å². The lowest BCUT2D eigenvalue weighted by Crippen LogP contribution is -2.03. The van der Waals surface area contributed by atoms with E-state index in [-0.39, 0.29) is 11.1 Å². The molecule has 0 spiro atoms. The van der Waals surface area contributed by atoms with Crippen molar-refractivity contribution in [1.29, 1.82) is 0 Å². The summed E-state index contributed by atoms with van der Waals surface area (Å²) in [6.45, 7) is 0. The van der Waals surface area contributed by atoms with Crippen LogP contribution >= 0.6 is 0 Å². The van der Waals surface area contributed by atoms with Crippen molar-refractivity contribution in [1.82, 2.24) is 0 Å². The predicted octanol–water partition coefficient (Wildman–Crippen LogP) is 0.706. The van der Waals surface area contributed by atoms with E-state index < -0.39 is 18.0 Å². The van der Waals surface area contributed by atoms with Gasteiger partial charge in [-0.15, -0.1) is 0 Å². The molecular weight excluding hydrogens is 218 g/mol. The summed E-state index contributed by atoms with van der Waals surface area (Å²) in [6, 6.07) is 5.02. The highest BCUT2D eigenvalue weighted by molar-refractivity contribution is 5.91. The molecule has 1 aromatic carbocycles. The van der Waals surface area contributed by atoms with E-state index in [0.717, 1.165) is 0 Å². The lowest BCUT2D eigenvalue weighted by molar-refractivity contribution is 0.0681. The minimum Gasteiger partial charge on any atom is -0.478 e. The van der Waals surface area contributed by atoms with E-state index in [4.69, 9.17) is 20.1 Å². The zero-order valence-electron chi connectivity index (χ0n) is 7.95. The Labute approximate surface area is 89.7 Å². The Kier molecular flexibility index (Phi) is 5.05. The van der Waals surface area contributed by atoms with Gasteiger partial charge in [0.15, 0.2) is 0 Å². The Morgan fingerprint density at radius 3 is 1.12 bits per heavy atom. The van der Waals surface area contributed by atoms with Crippen molar-refractivity contribution in [3.8, 4) is 0 Å². The molecule has 0 unspecified atom stereocenters. The Hall–Kier alpha value is -2.57. The number of nitrogens with two attached hydrogens (primary N) is 1. The molecule has 1 aromatic rings. The highest BCUT2D eigenvalue weighted by atomic mass is 16.4. The second-order valence-electron chi connectivity index (χ2n) is 2.53. The number of aromatic carboxylic acids is 2. The minimum atomic E-state index is -1.33. The molecule has 0 radical (unpaired) electrons. The van der Waals surface area contributed by atoms with Crippen LogP contribution in [0.25, 0.3) is 0 Å². The molecule has 1 amide bonds. The summed E-state index contributed by atoms with van der Waals surface area (Å²) in [5.74, 6) is -2.13. The van der Waals surface area contributed by atoms with Crippen LogP contribution in [0.1, 0.15) is 20.7 Å². The topological polar surface area (TPSA) is 138 Å². The highest BCUT2D eigenvalue weighted by Crippen LogP contribution is 2.03. The van der Waals surface area contributed by atoms with E-state index in [2.05, 4.69) is 5.73 Å². The van der Waals surface area contributed by atoms with Crippen LogP contribution in [0.3, 0.4) is 0 Å². The van der Waals surface area contributed by atoms with Crippen molar-refractivity contribution in [2.45, 2.75) is 0 Å². The fraction of sp³-hybridized carbons (Fsp3) is 0. The third-order valence-corrected chi connectivity index (χ3v) is 1.38. The van der Waals surface area contributed by atoms with E-state index in [0.29, 0.717) is 0 Å². The summed E-state index contributed by atoms with van der Waals surface area (Å²) >= 11 is 0. The maximum Gasteiger partial charge on any atom is 0.402 e. The molecule has 7 heteroatoms. The second kappa shape index (κ2) is 6.02. The number of primary amides is 1. The van der Waals surface area contributed by atoms with Gasteiger partial charge in [0.25, 0.3) is 0 Å². The van der Waals surface area contributed by atoms with Crippen LogP contribution in [0.15, 0.2) is 24.3 Å². The first kappa shape index (κ1) is 13.4. The molecular formula is C9H9NO6. The number of carboxylic acids is 2. The van der Waals surface area contributed by atoms with Gasteiger partial charge < -0.3 is 21.1 Å². The monoisotopic (exact) mass is 227 g/mol. The maximum absolute atomic E-state index is 10.3. The zero-order chi connectivity index (χ0) is 12.7. The van der Waals surface area contributed by atoms with Gasteiger partial charge in [0, 0.05) is 0 Å². The molecule has 0 heterocycles. The Morgan fingerprint density at radius 1 is 0.812 bits per heavy atom. The summed E-state index contributed by atoms with van der Waals surface area (Å²) in [5.41, 5.74) is 4.19. The molecule has 0 aromatic heterocycles. The van der Waals surface area contributed by atoms with E-state index in [1.54, 1.807) is 0 Å². The molecule has 7 nitrogen and oxygen atoms in total. The van der Waals surface area contributed by atoms with Gasteiger partial charge in [-0.3, -0.25) is 0 Å². The highest BCUT2D eigenvalue weighted by Gasteiger charge is 2.04. The van der Waals surface area contributed by atoms with E-state index in [1.807, 2.05) is 0 Å². The van der Waals surface area contributed by atoms with Gasteiger partial charge in [0.05, 0.1) is 11.1 Å². The fourth-order valence-corrected chi connectivity index (χ4v) is 0.755. The van der Waals surface area contributed by atoms with Gasteiger partial charge in [-0.25, -0.2) is 14.4 Å². The second-order valence-corrected chi connectivity index (χ2v) is 2.53. The van der Waals surface area contributed by atoms with Crippen molar-refractivity contribution in [3.05, 3.63) is 35.4 Å². The van der Waals surface area contributed by atoms with Gasteiger partial charge in [-0.05, 0) is 24.3 Å². The molecule has 0 aliphatic rings. The molecule has 0 aliphatic heterocycles. The number of benzene rings is 1.